The van der Waals surface area contributed by atoms with Crippen molar-refractivity contribution in [3.8, 4) is 0 Å². The van der Waals surface area contributed by atoms with Crippen LogP contribution in [0.5, 0.6) is 0 Å². The van der Waals surface area contributed by atoms with Crippen LogP contribution in [0.25, 0.3) is 0 Å². The lowest BCUT2D eigenvalue weighted by Crippen LogP contribution is -2.30. The topological polar surface area (TPSA) is 50.1 Å². The lowest BCUT2D eigenvalue weighted by Gasteiger charge is -2.28. The SMILES string of the molecule is Cc1nccn1CCCN(C)c1cc(N2CCCCC2)ncn1. The molecule has 0 saturated carbocycles. The Hall–Kier alpha value is -2.11. The number of aryl methyl sites for hydroxylation is 2. The fourth-order valence-electron chi connectivity index (χ4n) is 3.07. The number of rotatable bonds is 6. The molecule has 23 heavy (non-hydrogen) atoms. The lowest BCUT2D eigenvalue weighted by molar-refractivity contribution is 0.572. The van der Waals surface area contributed by atoms with E-state index in [4.69, 9.17) is 0 Å². The third kappa shape index (κ3) is 4.00. The third-order valence-corrected chi connectivity index (χ3v) is 4.53. The van der Waals surface area contributed by atoms with E-state index in [1.165, 1.54) is 19.3 Å². The van der Waals surface area contributed by atoms with Crippen molar-refractivity contribution in [2.24, 2.45) is 0 Å². The summed E-state index contributed by atoms with van der Waals surface area (Å²) in [7, 11) is 2.10. The highest BCUT2D eigenvalue weighted by atomic mass is 15.2. The van der Waals surface area contributed by atoms with Crippen molar-refractivity contribution in [2.75, 3.05) is 36.5 Å². The molecule has 0 spiro atoms. The summed E-state index contributed by atoms with van der Waals surface area (Å²) >= 11 is 0. The van der Waals surface area contributed by atoms with Gasteiger partial charge in [0.25, 0.3) is 0 Å². The molecule has 1 aliphatic rings. The summed E-state index contributed by atoms with van der Waals surface area (Å²) in [5, 5.41) is 0. The number of hydrogen-bond donors (Lipinski definition) is 0. The molecule has 124 valence electrons. The van der Waals surface area contributed by atoms with Crippen LogP contribution in [0.2, 0.25) is 0 Å². The average Bonchev–Trinajstić information content (AvgIpc) is 3.01. The van der Waals surface area contributed by atoms with E-state index < -0.39 is 0 Å². The number of hydrogen-bond acceptors (Lipinski definition) is 5. The van der Waals surface area contributed by atoms with Crippen molar-refractivity contribution < 1.29 is 0 Å². The summed E-state index contributed by atoms with van der Waals surface area (Å²) in [4.78, 5) is 17.7. The molecule has 0 aliphatic carbocycles. The molecule has 1 fully saturated rings. The first-order chi connectivity index (χ1) is 11.2. The van der Waals surface area contributed by atoms with Crippen LogP contribution in [0, 0.1) is 6.92 Å². The van der Waals surface area contributed by atoms with Gasteiger partial charge in [0, 0.05) is 51.7 Å². The predicted molar refractivity (Wildman–Crippen MR) is 92.9 cm³/mol. The number of nitrogens with zero attached hydrogens (tertiary/aromatic N) is 6. The molecular formula is C17H26N6. The van der Waals surface area contributed by atoms with Crippen LogP contribution < -0.4 is 9.80 Å². The first-order valence-corrected chi connectivity index (χ1v) is 8.50. The van der Waals surface area contributed by atoms with Crippen LogP contribution in [0.4, 0.5) is 11.6 Å². The molecule has 0 N–H and O–H groups in total. The maximum absolute atomic E-state index is 4.45. The van der Waals surface area contributed by atoms with Crippen molar-refractivity contribution in [1.82, 2.24) is 19.5 Å². The number of anilines is 2. The minimum atomic E-state index is 0.966. The Morgan fingerprint density at radius 2 is 1.96 bits per heavy atom. The lowest BCUT2D eigenvalue weighted by atomic mass is 10.1. The summed E-state index contributed by atoms with van der Waals surface area (Å²) in [5.41, 5.74) is 0. The standard InChI is InChI=1S/C17H26N6/c1-15-18-7-12-22(15)11-6-8-21(2)16-13-17(20-14-19-16)23-9-4-3-5-10-23/h7,12-14H,3-6,8-11H2,1-2H3. The van der Waals surface area contributed by atoms with Gasteiger partial charge in [-0.25, -0.2) is 15.0 Å². The fourth-order valence-corrected chi connectivity index (χ4v) is 3.07. The van der Waals surface area contributed by atoms with Gasteiger partial charge < -0.3 is 14.4 Å². The maximum atomic E-state index is 4.45. The van der Waals surface area contributed by atoms with E-state index in [1.807, 2.05) is 19.3 Å². The minimum absolute atomic E-state index is 0.966. The molecule has 0 aromatic carbocycles. The molecule has 6 heteroatoms. The van der Waals surface area contributed by atoms with Crippen LogP contribution in [-0.2, 0) is 6.54 Å². The van der Waals surface area contributed by atoms with Crippen molar-refractivity contribution in [1.29, 1.82) is 0 Å². The average molecular weight is 314 g/mol. The van der Waals surface area contributed by atoms with Gasteiger partial charge in [0.1, 0.15) is 23.8 Å². The quantitative estimate of drug-likeness (QED) is 0.820. The summed E-state index contributed by atoms with van der Waals surface area (Å²) in [6.07, 6.45) is 10.5. The maximum Gasteiger partial charge on any atom is 0.134 e. The molecule has 0 radical (unpaired) electrons. The van der Waals surface area contributed by atoms with Gasteiger partial charge in [0.05, 0.1) is 0 Å². The van der Waals surface area contributed by atoms with Crippen LogP contribution in [0.15, 0.2) is 24.8 Å². The number of imidazole rings is 1. The van der Waals surface area contributed by atoms with E-state index in [0.29, 0.717) is 0 Å². The zero-order chi connectivity index (χ0) is 16.1. The highest BCUT2D eigenvalue weighted by Crippen LogP contribution is 2.20. The second-order valence-electron chi connectivity index (χ2n) is 6.23. The third-order valence-electron chi connectivity index (χ3n) is 4.53. The first kappa shape index (κ1) is 15.8. The molecule has 0 atom stereocenters. The van der Waals surface area contributed by atoms with Crippen molar-refractivity contribution >= 4 is 11.6 Å². The smallest absolute Gasteiger partial charge is 0.134 e. The zero-order valence-corrected chi connectivity index (χ0v) is 14.1. The van der Waals surface area contributed by atoms with E-state index in [9.17, 15) is 0 Å². The molecule has 0 amide bonds. The van der Waals surface area contributed by atoms with Crippen LogP contribution in [-0.4, -0.2) is 46.2 Å². The van der Waals surface area contributed by atoms with Gasteiger partial charge in [0.15, 0.2) is 0 Å². The molecule has 0 bridgehead atoms. The molecule has 6 nitrogen and oxygen atoms in total. The molecule has 1 saturated heterocycles. The Morgan fingerprint density at radius 3 is 2.70 bits per heavy atom. The van der Waals surface area contributed by atoms with Gasteiger partial charge in [-0.1, -0.05) is 0 Å². The van der Waals surface area contributed by atoms with E-state index >= 15 is 0 Å². The molecule has 1 aliphatic heterocycles. The van der Waals surface area contributed by atoms with Crippen LogP contribution in [0.3, 0.4) is 0 Å². The van der Waals surface area contributed by atoms with Gasteiger partial charge in [-0.15, -0.1) is 0 Å². The Kier molecular flexibility index (Phi) is 5.10. The van der Waals surface area contributed by atoms with Gasteiger partial charge in [-0.2, -0.15) is 0 Å². The molecular weight excluding hydrogens is 288 g/mol. The number of piperidine rings is 1. The summed E-state index contributed by atoms with van der Waals surface area (Å²) in [5.74, 6) is 3.14. The van der Waals surface area contributed by atoms with Gasteiger partial charge in [-0.3, -0.25) is 0 Å². The van der Waals surface area contributed by atoms with Gasteiger partial charge in [0.2, 0.25) is 0 Å². The fraction of sp³-hybridized carbons (Fsp3) is 0.588. The second-order valence-corrected chi connectivity index (χ2v) is 6.23. The monoisotopic (exact) mass is 314 g/mol. The molecule has 3 heterocycles. The van der Waals surface area contributed by atoms with E-state index in [-0.39, 0.29) is 0 Å². The molecule has 3 rings (SSSR count). The Bertz CT molecular complexity index is 617. The van der Waals surface area contributed by atoms with Crippen LogP contribution >= 0.6 is 0 Å². The van der Waals surface area contributed by atoms with Crippen molar-refractivity contribution in [3.05, 3.63) is 30.6 Å². The Labute approximate surface area is 138 Å². The second kappa shape index (κ2) is 7.44. The van der Waals surface area contributed by atoms with E-state index in [2.05, 4.69) is 42.4 Å². The van der Waals surface area contributed by atoms with Gasteiger partial charge in [-0.05, 0) is 32.6 Å². The molecule has 2 aromatic heterocycles. The summed E-state index contributed by atoms with van der Waals surface area (Å²) in [6.45, 7) is 6.22. The summed E-state index contributed by atoms with van der Waals surface area (Å²) < 4.78 is 2.19. The Morgan fingerprint density at radius 1 is 1.13 bits per heavy atom. The minimum Gasteiger partial charge on any atom is -0.359 e. The first-order valence-electron chi connectivity index (χ1n) is 8.50. The van der Waals surface area contributed by atoms with Crippen LogP contribution in [0.1, 0.15) is 31.5 Å². The van der Waals surface area contributed by atoms with E-state index in [1.54, 1.807) is 6.33 Å². The highest BCUT2D eigenvalue weighted by Gasteiger charge is 2.13. The van der Waals surface area contributed by atoms with Crippen molar-refractivity contribution in [2.45, 2.75) is 39.2 Å². The summed E-state index contributed by atoms with van der Waals surface area (Å²) in [6, 6.07) is 2.12. The zero-order valence-electron chi connectivity index (χ0n) is 14.1. The van der Waals surface area contributed by atoms with E-state index in [0.717, 1.165) is 50.1 Å². The van der Waals surface area contributed by atoms with Crippen molar-refractivity contribution in [3.63, 3.8) is 0 Å². The van der Waals surface area contributed by atoms with Gasteiger partial charge >= 0.3 is 0 Å². The largest absolute Gasteiger partial charge is 0.359 e. The normalized spacial score (nSPS) is 15.0. The number of aromatic nitrogens is 4. The highest BCUT2D eigenvalue weighted by molar-refractivity contribution is 5.49. The Balaban J connectivity index is 1.56. The molecule has 0 unspecified atom stereocenters. The molecule has 2 aromatic rings. The predicted octanol–water partition coefficient (Wildman–Crippen LogP) is 2.50.